The molecule has 96 valence electrons. The molecule has 0 aliphatic carbocycles. The van der Waals surface area contributed by atoms with Gasteiger partial charge < -0.3 is 4.52 Å². The van der Waals surface area contributed by atoms with Crippen molar-refractivity contribution in [3.63, 3.8) is 0 Å². The van der Waals surface area contributed by atoms with E-state index in [0.29, 0.717) is 17.5 Å². The summed E-state index contributed by atoms with van der Waals surface area (Å²) >= 11 is 3.25. The van der Waals surface area contributed by atoms with Gasteiger partial charge in [-0.1, -0.05) is 47.3 Å². The summed E-state index contributed by atoms with van der Waals surface area (Å²) in [7, 11) is 0. The number of nitrogens with zero attached hydrogens (tertiary/aromatic N) is 3. The number of hydrogen-bond acceptors (Lipinski definition) is 6. The van der Waals surface area contributed by atoms with Crippen molar-refractivity contribution >= 4 is 23.1 Å². The van der Waals surface area contributed by atoms with Crippen molar-refractivity contribution in [3.05, 3.63) is 47.3 Å². The number of aryl methyl sites for hydroxylation is 1. The molecule has 19 heavy (non-hydrogen) atoms. The van der Waals surface area contributed by atoms with Crippen LogP contribution in [0.2, 0.25) is 0 Å². The summed E-state index contributed by atoms with van der Waals surface area (Å²) in [5, 5.41) is 6.02. The van der Waals surface area contributed by atoms with Crippen molar-refractivity contribution in [1.82, 2.24) is 15.1 Å². The van der Waals surface area contributed by atoms with Gasteiger partial charge >= 0.3 is 0 Å². The molecule has 0 aliphatic rings. The van der Waals surface area contributed by atoms with Crippen LogP contribution in [0.4, 0.5) is 0 Å². The lowest BCUT2D eigenvalue weighted by atomic mass is 10.2. The van der Waals surface area contributed by atoms with E-state index in [2.05, 4.69) is 15.1 Å². The molecular formula is C13H11N3OS2. The summed E-state index contributed by atoms with van der Waals surface area (Å²) in [6.07, 6.45) is 0. The molecule has 0 unspecified atom stereocenters. The molecule has 0 N–H and O–H groups in total. The zero-order valence-corrected chi connectivity index (χ0v) is 11.9. The Hall–Kier alpha value is -1.66. The Bertz CT molecular complexity index is 663. The Morgan fingerprint density at radius 2 is 2.05 bits per heavy atom. The molecule has 3 rings (SSSR count). The van der Waals surface area contributed by atoms with Gasteiger partial charge in [0.05, 0.1) is 5.75 Å². The van der Waals surface area contributed by atoms with Crippen molar-refractivity contribution in [2.45, 2.75) is 17.0 Å². The molecule has 4 nitrogen and oxygen atoms in total. The second-order valence-corrected chi connectivity index (χ2v) is 6.00. The number of benzene rings is 1. The lowest BCUT2D eigenvalue weighted by Gasteiger charge is -1.91. The highest BCUT2D eigenvalue weighted by Crippen LogP contribution is 2.26. The molecule has 0 radical (unpaired) electrons. The minimum absolute atomic E-state index is 0.622. The summed E-state index contributed by atoms with van der Waals surface area (Å²) in [5.74, 6) is 1.90. The molecule has 1 aromatic carbocycles. The van der Waals surface area contributed by atoms with Crippen LogP contribution in [0.15, 0.2) is 44.6 Å². The van der Waals surface area contributed by atoms with E-state index in [1.807, 2.05) is 42.6 Å². The quantitative estimate of drug-likeness (QED) is 0.684. The number of thioether (sulfide) groups is 1. The van der Waals surface area contributed by atoms with Gasteiger partial charge in [-0.15, -0.1) is 11.3 Å². The number of rotatable bonds is 4. The van der Waals surface area contributed by atoms with Gasteiger partial charge in [0.15, 0.2) is 4.34 Å². The van der Waals surface area contributed by atoms with Crippen molar-refractivity contribution in [1.29, 1.82) is 0 Å². The molecule has 0 atom stereocenters. The van der Waals surface area contributed by atoms with Crippen molar-refractivity contribution < 1.29 is 4.52 Å². The fraction of sp³-hybridized carbons (Fsp3) is 0.154. The first-order valence-electron chi connectivity index (χ1n) is 5.74. The van der Waals surface area contributed by atoms with Gasteiger partial charge in [-0.05, 0) is 6.92 Å². The predicted octanol–water partition coefficient (Wildman–Crippen LogP) is 3.79. The smallest absolute Gasteiger partial charge is 0.237 e. The maximum absolute atomic E-state index is 5.24. The van der Waals surface area contributed by atoms with Crippen molar-refractivity contribution in [3.8, 4) is 11.4 Å². The van der Waals surface area contributed by atoms with E-state index in [1.165, 1.54) is 0 Å². The van der Waals surface area contributed by atoms with E-state index < -0.39 is 0 Å². The molecule has 3 aromatic rings. The highest BCUT2D eigenvalue weighted by Gasteiger charge is 2.09. The van der Waals surface area contributed by atoms with E-state index in [0.717, 1.165) is 15.6 Å². The number of thiazole rings is 1. The Morgan fingerprint density at radius 1 is 1.21 bits per heavy atom. The Kier molecular flexibility index (Phi) is 3.61. The third-order valence-electron chi connectivity index (χ3n) is 2.42. The van der Waals surface area contributed by atoms with Gasteiger partial charge in [0.1, 0.15) is 0 Å². The summed E-state index contributed by atoms with van der Waals surface area (Å²) in [6.45, 7) is 1.99. The van der Waals surface area contributed by atoms with Gasteiger partial charge in [0, 0.05) is 16.6 Å². The molecular weight excluding hydrogens is 278 g/mol. The Labute approximate surface area is 118 Å². The topological polar surface area (TPSA) is 51.8 Å². The van der Waals surface area contributed by atoms with E-state index in [1.54, 1.807) is 23.1 Å². The van der Waals surface area contributed by atoms with E-state index in [9.17, 15) is 0 Å². The van der Waals surface area contributed by atoms with Crippen LogP contribution in [0.5, 0.6) is 0 Å². The van der Waals surface area contributed by atoms with E-state index in [-0.39, 0.29) is 0 Å². The first kappa shape index (κ1) is 12.4. The maximum atomic E-state index is 5.24. The van der Waals surface area contributed by atoms with Crippen LogP contribution in [0, 0.1) is 6.92 Å². The van der Waals surface area contributed by atoms with Crippen LogP contribution < -0.4 is 0 Å². The molecule has 0 amide bonds. The average molecular weight is 289 g/mol. The van der Waals surface area contributed by atoms with Crippen LogP contribution >= 0.6 is 23.1 Å². The van der Waals surface area contributed by atoms with Crippen LogP contribution in [-0.2, 0) is 5.75 Å². The molecule has 0 fully saturated rings. The maximum Gasteiger partial charge on any atom is 0.237 e. The van der Waals surface area contributed by atoms with Crippen LogP contribution in [0.25, 0.3) is 11.4 Å². The standard InChI is InChI=1S/C13H11N3OS2/c1-9-7-18-13(14-9)19-8-11-15-12(16-17-11)10-5-3-2-4-6-10/h2-7H,8H2,1H3. The summed E-state index contributed by atoms with van der Waals surface area (Å²) < 4.78 is 6.27. The third-order valence-corrected chi connectivity index (χ3v) is 4.54. The third kappa shape index (κ3) is 3.02. The Balaban J connectivity index is 1.68. The molecule has 0 spiro atoms. The zero-order valence-electron chi connectivity index (χ0n) is 10.2. The minimum Gasteiger partial charge on any atom is -0.338 e. The van der Waals surface area contributed by atoms with Crippen LogP contribution in [0.3, 0.4) is 0 Å². The largest absolute Gasteiger partial charge is 0.338 e. The fourth-order valence-corrected chi connectivity index (χ4v) is 3.23. The first-order chi connectivity index (χ1) is 9.31. The molecule has 6 heteroatoms. The monoisotopic (exact) mass is 289 g/mol. The predicted molar refractivity (Wildman–Crippen MR) is 76.1 cm³/mol. The minimum atomic E-state index is 0.622. The summed E-state index contributed by atoms with van der Waals surface area (Å²) in [5.41, 5.74) is 2.01. The fourth-order valence-electron chi connectivity index (χ4n) is 1.54. The molecule has 2 heterocycles. The van der Waals surface area contributed by atoms with Gasteiger partial charge in [0.25, 0.3) is 0 Å². The second kappa shape index (κ2) is 5.54. The van der Waals surface area contributed by atoms with Crippen molar-refractivity contribution in [2.75, 3.05) is 0 Å². The van der Waals surface area contributed by atoms with Gasteiger partial charge in [-0.2, -0.15) is 4.98 Å². The van der Waals surface area contributed by atoms with Gasteiger partial charge in [-0.3, -0.25) is 0 Å². The van der Waals surface area contributed by atoms with Gasteiger partial charge in [-0.25, -0.2) is 4.98 Å². The molecule has 0 saturated heterocycles. The lowest BCUT2D eigenvalue weighted by molar-refractivity contribution is 0.391. The lowest BCUT2D eigenvalue weighted by Crippen LogP contribution is -1.82. The summed E-state index contributed by atoms with van der Waals surface area (Å²) in [4.78, 5) is 8.76. The molecule has 0 saturated carbocycles. The number of aromatic nitrogens is 3. The van der Waals surface area contributed by atoms with E-state index in [4.69, 9.17) is 4.52 Å². The highest BCUT2D eigenvalue weighted by molar-refractivity contribution is 8.00. The van der Waals surface area contributed by atoms with Crippen LogP contribution in [0.1, 0.15) is 11.6 Å². The van der Waals surface area contributed by atoms with Crippen molar-refractivity contribution in [2.24, 2.45) is 0 Å². The first-order valence-corrected chi connectivity index (χ1v) is 7.61. The zero-order chi connectivity index (χ0) is 13.1. The Morgan fingerprint density at radius 3 is 2.79 bits per heavy atom. The number of hydrogen-bond donors (Lipinski definition) is 0. The van der Waals surface area contributed by atoms with Crippen LogP contribution in [-0.4, -0.2) is 15.1 Å². The summed E-state index contributed by atoms with van der Waals surface area (Å²) in [6, 6.07) is 9.81. The van der Waals surface area contributed by atoms with Gasteiger partial charge in [0.2, 0.25) is 11.7 Å². The molecule has 0 bridgehead atoms. The normalized spacial score (nSPS) is 10.8. The molecule has 2 aromatic heterocycles. The molecule has 0 aliphatic heterocycles. The average Bonchev–Trinajstić information content (AvgIpc) is 3.06. The highest BCUT2D eigenvalue weighted by atomic mass is 32.2. The van der Waals surface area contributed by atoms with E-state index >= 15 is 0 Å². The SMILES string of the molecule is Cc1csc(SCc2nc(-c3ccccc3)no2)n1. The second-order valence-electron chi connectivity index (χ2n) is 3.92.